The summed E-state index contributed by atoms with van der Waals surface area (Å²) >= 11 is 4.65. The SMILES string of the molecule is N#CCCn1c(=O)n(-c2cncc3nnn(C4CC4)c23)c(=O)c2sc(Br)cc21. The number of nitriles is 1. The maximum Gasteiger partial charge on any atom is 0.336 e. The maximum absolute atomic E-state index is 13.3. The summed E-state index contributed by atoms with van der Waals surface area (Å²) < 4.78 is 5.54. The molecule has 0 unspecified atom stereocenters. The molecule has 11 heteroatoms. The van der Waals surface area contributed by atoms with Crippen molar-refractivity contribution in [3.8, 4) is 11.8 Å². The smallest absolute Gasteiger partial charge is 0.291 e. The highest BCUT2D eigenvalue weighted by atomic mass is 79.9. The van der Waals surface area contributed by atoms with Gasteiger partial charge in [0.1, 0.15) is 15.7 Å². The summed E-state index contributed by atoms with van der Waals surface area (Å²) in [5.41, 5.74) is 1.12. The van der Waals surface area contributed by atoms with Gasteiger partial charge < -0.3 is 0 Å². The molecule has 0 spiro atoms. The Morgan fingerprint density at radius 1 is 1.32 bits per heavy atom. The number of pyridine rings is 1. The summed E-state index contributed by atoms with van der Waals surface area (Å²) in [6.07, 6.45) is 5.20. The average Bonchev–Trinajstić information content (AvgIpc) is 3.31. The molecule has 0 saturated heterocycles. The molecular weight excluding hydrogens is 446 g/mol. The lowest BCUT2D eigenvalue weighted by Gasteiger charge is -2.12. The van der Waals surface area contributed by atoms with Crippen LogP contribution in [0.1, 0.15) is 25.3 Å². The van der Waals surface area contributed by atoms with Crippen molar-refractivity contribution < 1.29 is 0 Å². The largest absolute Gasteiger partial charge is 0.336 e. The number of halogens is 1. The Bertz CT molecular complexity index is 1400. The summed E-state index contributed by atoms with van der Waals surface area (Å²) in [7, 11) is 0. The molecule has 0 aliphatic heterocycles. The van der Waals surface area contributed by atoms with Crippen molar-refractivity contribution in [2.45, 2.75) is 31.8 Å². The number of thiophene rings is 1. The van der Waals surface area contributed by atoms with Crippen molar-refractivity contribution in [2.75, 3.05) is 0 Å². The summed E-state index contributed by atoms with van der Waals surface area (Å²) in [5.74, 6) is 0. The van der Waals surface area contributed by atoms with Gasteiger partial charge in [0.15, 0.2) is 0 Å². The van der Waals surface area contributed by atoms with Crippen LogP contribution < -0.4 is 11.2 Å². The van der Waals surface area contributed by atoms with Crippen LogP contribution in [0, 0.1) is 11.3 Å². The van der Waals surface area contributed by atoms with Gasteiger partial charge in [0.25, 0.3) is 5.56 Å². The van der Waals surface area contributed by atoms with Crippen LogP contribution in [0.2, 0.25) is 0 Å². The minimum atomic E-state index is -0.504. The van der Waals surface area contributed by atoms with Crippen LogP contribution in [0.15, 0.2) is 31.8 Å². The third-order valence-electron chi connectivity index (χ3n) is 4.73. The molecule has 5 rings (SSSR count). The number of hydrogen-bond donors (Lipinski definition) is 0. The molecule has 0 bridgehead atoms. The quantitative estimate of drug-likeness (QED) is 0.464. The fraction of sp³-hybridized carbons (Fsp3) is 0.294. The van der Waals surface area contributed by atoms with E-state index in [-0.39, 0.29) is 19.0 Å². The molecule has 140 valence electrons. The third kappa shape index (κ3) is 2.52. The minimum absolute atomic E-state index is 0.157. The lowest BCUT2D eigenvalue weighted by Crippen LogP contribution is -2.38. The first kappa shape index (κ1) is 17.3. The van der Waals surface area contributed by atoms with E-state index in [1.54, 1.807) is 16.9 Å². The Morgan fingerprint density at radius 2 is 2.14 bits per heavy atom. The molecule has 4 aromatic heterocycles. The number of aryl methyl sites for hydroxylation is 1. The van der Waals surface area contributed by atoms with Crippen molar-refractivity contribution in [3.63, 3.8) is 0 Å². The van der Waals surface area contributed by atoms with Crippen LogP contribution in [-0.4, -0.2) is 29.1 Å². The predicted octanol–water partition coefficient (Wildman–Crippen LogP) is 2.36. The third-order valence-corrected chi connectivity index (χ3v) is 6.35. The van der Waals surface area contributed by atoms with Gasteiger partial charge in [-0.2, -0.15) is 5.26 Å². The molecule has 0 atom stereocenters. The zero-order valence-electron chi connectivity index (χ0n) is 14.4. The fourth-order valence-electron chi connectivity index (χ4n) is 3.33. The molecular formula is C17H12BrN7O2S. The second kappa shape index (κ2) is 6.35. The van der Waals surface area contributed by atoms with E-state index in [4.69, 9.17) is 5.26 Å². The van der Waals surface area contributed by atoms with Gasteiger partial charge in [-0.05, 0) is 34.8 Å². The van der Waals surface area contributed by atoms with Crippen molar-refractivity contribution in [1.29, 1.82) is 5.26 Å². The fourth-order valence-corrected chi connectivity index (χ4v) is 4.85. The van der Waals surface area contributed by atoms with E-state index >= 15 is 0 Å². The molecule has 1 aliphatic rings. The van der Waals surface area contributed by atoms with Crippen molar-refractivity contribution in [2.24, 2.45) is 0 Å². The number of rotatable bonds is 4. The summed E-state index contributed by atoms with van der Waals surface area (Å²) in [6.45, 7) is 0.193. The van der Waals surface area contributed by atoms with Gasteiger partial charge in [0.05, 0.1) is 45.9 Å². The summed E-state index contributed by atoms with van der Waals surface area (Å²) in [6, 6.07) is 4.01. The monoisotopic (exact) mass is 457 g/mol. The molecule has 4 aromatic rings. The predicted molar refractivity (Wildman–Crippen MR) is 107 cm³/mol. The van der Waals surface area contributed by atoms with Crippen molar-refractivity contribution >= 4 is 48.5 Å². The van der Waals surface area contributed by atoms with Gasteiger partial charge >= 0.3 is 5.69 Å². The van der Waals surface area contributed by atoms with E-state index in [0.29, 0.717) is 26.9 Å². The molecule has 0 amide bonds. The van der Waals surface area contributed by atoms with Crippen LogP contribution in [0.5, 0.6) is 0 Å². The first-order chi connectivity index (χ1) is 13.6. The summed E-state index contributed by atoms with van der Waals surface area (Å²) in [5, 5.41) is 17.3. The molecule has 9 nitrogen and oxygen atoms in total. The Balaban J connectivity index is 1.89. The number of nitrogens with zero attached hydrogens (tertiary/aromatic N) is 7. The van der Waals surface area contributed by atoms with Crippen LogP contribution in [-0.2, 0) is 6.54 Å². The standard InChI is InChI=1S/C17H12BrN7O2S/c18-13-6-11-15(28-13)16(26)24(17(27)23(11)5-1-4-19)12-8-20-7-10-14(12)25(22-21-10)9-2-3-9/h6-9H,1-3,5H2. The van der Waals surface area contributed by atoms with Gasteiger partial charge in [-0.3, -0.25) is 14.3 Å². The van der Waals surface area contributed by atoms with E-state index in [9.17, 15) is 9.59 Å². The number of fused-ring (bicyclic) bond motifs is 2. The topological polar surface area (TPSA) is 111 Å². The molecule has 0 aromatic carbocycles. The molecule has 0 radical (unpaired) electrons. The van der Waals surface area contributed by atoms with Gasteiger partial charge in [0, 0.05) is 6.54 Å². The second-order valence-corrected chi connectivity index (χ2v) is 8.97. The molecule has 0 N–H and O–H groups in total. The van der Waals surface area contributed by atoms with Crippen LogP contribution in [0.3, 0.4) is 0 Å². The molecule has 4 heterocycles. The highest BCUT2D eigenvalue weighted by molar-refractivity contribution is 9.11. The number of aromatic nitrogens is 6. The Hall–Kier alpha value is -2.84. The lowest BCUT2D eigenvalue weighted by molar-refractivity contribution is 0.625. The molecule has 1 aliphatic carbocycles. The maximum atomic E-state index is 13.3. The Morgan fingerprint density at radius 3 is 2.89 bits per heavy atom. The Labute approximate surface area is 169 Å². The van der Waals surface area contributed by atoms with E-state index in [1.807, 2.05) is 0 Å². The van der Waals surface area contributed by atoms with E-state index in [1.165, 1.54) is 22.1 Å². The minimum Gasteiger partial charge on any atom is -0.291 e. The van der Waals surface area contributed by atoms with Crippen molar-refractivity contribution in [3.05, 3.63) is 43.1 Å². The molecule has 1 saturated carbocycles. The summed E-state index contributed by atoms with van der Waals surface area (Å²) in [4.78, 5) is 30.7. The van der Waals surface area contributed by atoms with Crippen LogP contribution >= 0.6 is 27.3 Å². The van der Waals surface area contributed by atoms with Gasteiger partial charge in [0.2, 0.25) is 0 Å². The highest BCUT2D eigenvalue weighted by Crippen LogP contribution is 2.37. The van der Waals surface area contributed by atoms with Gasteiger partial charge in [-0.15, -0.1) is 16.4 Å². The van der Waals surface area contributed by atoms with Crippen LogP contribution in [0.25, 0.3) is 26.9 Å². The molecule has 1 fully saturated rings. The van der Waals surface area contributed by atoms with E-state index in [0.717, 1.165) is 21.2 Å². The lowest BCUT2D eigenvalue weighted by atomic mass is 10.3. The second-order valence-electron chi connectivity index (χ2n) is 6.54. The first-order valence-electron chi connectivity index (χ1n) is 8.61. The van der Waals surface area contributed by atoms with Crippen molar-refractivity contribution in [1.82, 2.24) is 29.1 Å². The van der Waals surface area contributed by atoms with Crippen LogP contribution in [0.4, 0.5) is 0 Å². The highest BCUT2D eigenvalue weighted by Gasteiger charge is 2.29. The normalized spacial score (nSPS) is 14.0. The van der Waals surface area contributed by atoms with Gasteiger partial charge in [-0.25, -0.2) is 14.0 Å². The zero-order chi connectivity index (χ0) is 19.4. The van der Waals surface area contributed by atoms with E-state index < -0.39 is 11.2 Å². The first-order valence-corrected chi connectivity index (χ1v) is 10.2. The Kier molecular flexibility index (Phi) is 3.92. The molecule has 28 heavy (non-hydrogen) atoms. The van der Waals surface area contributed by atoms with E-state index in [2.05, 4.69) is 37.3 Å². The zero-order valence-corrected chi connectivity index (χ0v) is 16.8. The average molecular weight is 458 g/mol. The van der Waals surface area contributed by atoms with Gasteiger partial charge in [-0.1, -0.05) is 5.21 Å². The number of hydrogen-bond acceptors (Lipinski definition) is 7.